The third-order valence-electron chi connectivity index (χ3n) is 4.28. The summed E-state index contributed by atoms with van der Waals surface area (Å²) in [5.74, 6) is 0.179. The number of hydrogen-bond acceptors (Lipinski definition) is 4. The molecule has 1 aliphatic heterocycles. The summed E-state index contributed by atoms with van der Waals surface area (Å²) in [5.41, 5.74) is -0.570. The number of aliphatic hydroxyl groups is 1. The van der Waals surface area contributed by atoms with Crippen molar-refractivity contribution in [1.82, 2.24) is 10.2 Å². The molecule has 3 amide bonds. The molecule has 26 heavy (non-hydrogen) atoms. The molecule has 2 aromatic carbocycles. The highest BCUT2D eigenvalue weighted by molar-refractivity contribution is 6.30. The van der Waals surface area contributed by atoms with Gasteiger partial charge >= 0.3 is 6.03 Å². The molecule has 0 radical (unpaired) electrons. The fraction of sp³-hybridized carbons (Fsp3) is 0.263. The Morgan fingerprint density at radius 1 is 1.15 bits per heavy atom. The van der Waals surface area contributed by atoms with Crippen LogP contribution in [0.15, 0.2) is 54.6 Å². The van der Waals surface area contributed by atoms with Gasteiger partial charge in [0.2, 0.25) is 0 Å². The van der Waals surface area contributed by atoms with Crippen LogP contribution in [-0.2, 0) is 10.3 Å². The van der Waals surface area contributed by atoms with Crippen molar-refractivity contribution in [1.29, 1.82) is 0 Å². The van der Waals surface area contributed by atoms with Crippen molar-refractivity contribution in [3.8, 4) is 5.75 Å². The average molecular weight is 375 g/mol. The molecule has 0 aliphatic carbocycles. The summed E-state index contributed by atoms with van der Waals surface area (Å²) >= 11 is 5.88. The number of carbonyl (C=O) groups excluding carboxylic acids is 2. The smallest absolute Gasteiger partial charge is 0.325 e. The first-order valence-electron chi connectivity index (χ1n) is 8.16. The zero-order chi connectivity index (χ0) is 18.7. The number of halogens is 1. The maximum absolute atomic E-state index is 12.8. The molecule has 2 atom stereocenters. The highest BCUT2D eigenvalue weighted by Gasteiger charge is 2.49. The van der Waals surface area contributed by atoms with Gasteiger partial charge < -0.3 is 15.2 Å². The van der Waals surface area contributed by atoms with Crippen LogP contribution in [-0.4, -0.2) is 41.2 Å². The molecule has 7 heteroatoms. The van der Waals surface area contributed by atoms with E-state index in [1.807, 2.05) is 18.2 Å². The fourth-order valence-corrected chi connectivity index (χ4v) is 2.94. The lowest BCUT2D eigenvalue weighted by Gasteiger charge is -2.23. The Labute approximate surface area is 156 Å². The van der Waals surface area contributed by atoms with Crippen LogP contribution in [0.5, 0.6) is 5.75 Å². The van der Waals surface area contributed by atoms with Crippen molar-refractivity contribution >= 4 is 23.5 Å². The summed E-state index contributed by atoms with van der Waals surface area (Å²) in [6, 6.07) is 15.2. The lowest BCUT2D eigenvalue weighted by Crippen LogP contribution is -2.42. The maximum Gasteiger partial charge on any atom is 0.325 e. The number of urea groups is 1. The van der Waals surface area contributed by atoms with Crippen LogP contribution in [0.1, 0.15) is 12.5 Å². The van der Waals surface area contributed by atoms with Gasteiger partial charge in [0.25, 0.3) is 5.91 Å². The molecule has 0 saturated carbocycles. The van der Waals surface area contributed by atoms with Crippen LogP contribution >= 0.6 is 11.6 Å². The first-order chi connectivity index (χ1) is 12.4. The molecule has 0 unspecified atom stereocenters. The number of imide groups is 1. The number of aliphatic hydroxyl groups excluding tert-OH is 1. The minimum absolute atomic E-state index is 0.0290. The van der Waals surface area contributed by atoms with Crippen molar-refractivity contribution in [2.24, 2.45) is 0 Å². The van der Waals surface area contributed by atoms with Gasteiger partial charge in [-0.15, -0.1) is 0 Å². The highest BCUT2D eigenvalue weighted by Crippen LogP contribution is 2.29. The van der Waals surface area contributed by atoms with Crippen LogP contribution in [0.2, 0.25) is 5.02 Å². The van der Waals surface area contributed by atoms with Gasteiger partial charge in [0.1, 0.15) is 24.0 Å². The number of nitrogens with zero attached hydrogens (tertiary/aromatic N) is 1. The summed E-state index contributed by atoms with van der Waals surface area (Å²) in [6.45, 7) is 1.45. The SMILES string of the molecule is C[C@]1(c2ccc(Cl)cc2)NC(=O)N(C[C@H](O)COc2ccccc2)C1=O. The van der Waals surface area contributed by atoms with Crippen LogP contribution in [0.25, 0.3) is 0 Å². The number of benzene rings is 2. The normalized spacial score (nSPS) is 20.8. The predicted molar refractivity (Wildman–Crippen MR) is 97.0 cm³/mol. The number of rotatable bonds is 6. The third-order valence-corrected chi connectivity index (χ3v) is 4.53. The van der Waals surface area contributed by atoms with E-state index in [1.54, 1.807) is 43.3 Å². The van der Waals surface area contributed by atoms with Crippen molar-refractivity contribution in [2.45, 2.75) is 18.6 Å². The number of carbonyl (C=O) groups is 2. The van der Waals surface area contributed by atoms with Gasteiger partial charge in [-0.3, -0.25) is 9.69 Å². The number of β-amino-alcohol motifs (C(OH)–C–C–N with tert-alkyl or cyclic N) is 1. The number of nitrogens with one attached hydrogen (secondary N) is 1. The van der Waals surface area contributed by atoms with Crippen molar-refractivity contribution in [2.75, 3.05) is 13.2 Å². The number of amides is 3. The molecule has 2 N–H and O–H groups in total. The third kappa shape index (κ3) is 3.66. The van der Waals surface area contributed by atoms with Crippen LogP contribution < -0.4 is 10.1 Å². The quantitative estimate of drug-likeness (QED) is 0.762. The second-order valence-electron chi connectivity index (χ2n) is 6.26. The predicted octanol–water partition coefficient (Wildman–Crippen LogP) is 2.55. The Bertz CT molecular complexity index is 797. The van der Waals surface area contributed by atoms with Gasteiger partial charge in [-0.2, -0.15) is 0 Å². The Balaban J connectivity index is 1.66. The molecular weight excluding hydrogens is 356 g/mol. The maximum atomic E-state index is 12.8. The second-order valence-corrected chi connectivity index (χ2v) is 6.69. The average Bonchev–Trinajstić information content (AvgIpc) is 2.85. The van der Waals surface area contributed by atoms with Crippen LogP contribution in [0.4, 0.5) is 4.79 Å². The molecule has 1 heterocycles. The Kier molecular flexibility index (Phi) is 5.15. The van der Waals surface area contributed by atoms with E-state index in [9.17, 15) is 14.7 Å². The monoisotopic (exact) mass is 374 g/mol. The highest BCUT2D eigenvalue weighted by atomic mass is 35.5. The summed E-state index contributed by atoms with van der Waals surface area (Å²) < 4.78 is 5.46. The van der Waals surface area contributed by atoms with Crippen molar-refractivity contribution < 1.29 is 19.4 Å². The van der Waals surface area contributed by atoms with Gasteiger partial charge in [-0.25, -0.2) is 4.79 Å². The zero-order valence-corrected chi connectivity index (χ0v) is 14.9. The zero-order valence-electron chi connectivity index (χ0n) is 14.2. The lowest BCUT2D eigenvalue weighted by atomic mass is 9.92. The minimum atomic E-state index is -1.19. The topological polar surface area (TPSA) is 78.9 Å². The minimum Gasteiger partial charge on any atom is -0.491 e. The molecule has 0 bridgehead atoms. The van der Waals surface area contributed by atoms with E-state index in [1.165, 1.54) is 0 Å². The van der Waals surface area contributed by atoms with Gasteiger partial charge in [0.15, 0.2) is 0 Å². The molecule has 1 aliphatic rings. The standard InChI is InChI=1S/C19H19ClN2O4/c1-19(13-7-9-14(20)10-8-13)17(24)22(18(25)21-19)11-15(23)12-26-16-5-3-2-4-6-16/h2-10,15,23H,11-12H2,1H3,(H,21,25)/t15-,19+/m0/s1. The molecule has 1 saturated heterocycles. The van der Waals surface area contributed by atoms with E-state index < -0.39 is 23.6 Å². The molecule has 3 rings (SSSR count). The summed E-state index contributed by atoms with van der Waals surface area (Å²) in [5, 5.41) is 13.4. The first kappa shape index (κ1) is 18.2. The van der Waals surface area contributed by atoms with Gasteiger partial charge in [0, 0.05) is 5.02 Å². The van der Waals surface area contributed by atoms with E-state index in [2.05, 4.69) is 5.32 Å². The van der Waals surface area contributed by atoms with E-state index in [-0.39, 0.29) is 13.2 Å². The van der Waals surface area contributed by atoms with Crippen molar-refractivity contribution in [3.63, 3.8) is 0 Å². The van der Waals surface area contributed by atoms with Crippen LogP contribution in [0.3, 0.4) is 0 Å². The summed E-state index contributed by atoms with van der Waals surface area (Å²) in [4.78, 5) is 26.1. The Morgan fingerprint density at radius 3 is 2.46 bits per heavy atom. The van der Waals surface area contributed by atoms with E-state index in [0.29, 0.717) is 16.3 Å². The second kappa shape index (κ2) is 7.35. The molecule has 6 nitrogen and oxygen atoms in total. The lowest BCUT2D eigenvalue weighted by molar-refractivity contribution is -0.132. The fourth-order valence-electron chi connectivity index (χ4n) is 2.81. The van der Waals surface area contributed by atoms with E-state index in [4.69, 9.17) is 16.3 Å². The molecule has 0 aromatic heterocycles. The first-order valence-corrected chi connectivity index (χ1v) is 8.54. The summed E-state index contributed by atoms with van der Waals surface area (Å²) in [6.07, 6.45) is -1.00. The van der Waals surface area contributed by atoms with Gasteiger partial charge in [-0.05, 0) is 36.8 Å². The molecule has 2 aromatic rings. The van der Waals surface area contributed by atoms with E-state index >= 15 is 0 Å². The molecular formula is C19H19ClN2O4. The molecule has 136 valence electrons. The van der Waals surface area contributed by atoms with E-state index in [0.717, 1.165) is 4.90 Å². The number of hydrogen-bond donors (Lipinski definition) is 2. The van der Waals surface area contributed by atoms with Gasteiger partial charge in [-0.1, -0.05) is 41.9 Å². The number of ether oxygens (including phenoxy) is 1. The van der Waals surface area contributed by atoms with Crippen molar-refractivity contribution in [3.05, 3.63) is 65.2 Å². The Morgan fingerprint density at radius 2 is 1.81 bits per heavy atom. The largest absolute Gasteiger partial charge is 0.491 e. The van der Waals surface area contributed by atoms with Gasteiger partial charge in [0.05, 0.1) is 6.54 Å². The number of para-hydroxylation sites is 1. The Hall–Kier alpha value is -2.57. The molecule has 0 spiro atoms. The molecule has 1 fully saturated rings. The summed E-state index contributed by atoms with van der Waals surface area (Å²) in [7, 11) is 0. The van der Waals surface area contributed by atoms with Crippen LogP contribution in [0, 0.1) is 0 Å².